The minimum Gasteiger partial charge on any atom is -0.266 e. The number of aliphatic imine (C=N–C) groups is 1. The van der Waals surface area contributed by atoms with Gasteiger partial charge in [-0.05, 0) is 34.1 Å². The fourth-order valence-corrected chi connectivity index (χ4v) is 1.16. The third-order valence-corrected chi connectivity index (χ3v) is 2.55. The van der Waals surface area contributed by atoms with Gasteiger partial charge < -0.3 is 0 Å². The summed E-state index contributed by atoms with van der Waals surface area (Å²) in [6.07, 6.45) is 1.17. The van der Waals surface area contributed by atoms with Gasteiger partial charge in [-0.3, -0.25) is 4.79 Å². The number of rotatable bonds is 1. The second kappa shape index (κ2) is 4.33. The first kappa shape index (κ1) is 10.1. The van der Waals surface area contributed by atoms with Crippen molar-refractivity contribution in [2.24, 2.45) is 4.99 Å². The van der Waals surface area contributed by atoms with Crippen LogP contribution in [0.4, 0.5) is 0 Å². The molecule has 0 aliphatic carbocycles. The summed E-state index contributed by atoms with van der Waals surface area (Å²) in [6, 6.07) is 4.55. The Kier molecular flexibility index (Phi) is 3.37. The lowest BCUT2D eigenvalue weighted by Gasteiger charge is -1.96. The van der Waals surface area contributed by atoms with Gasteiger partial charge in [0.25, 0.3) is 5.91 Å². The van der Waals surface area contributed by atoms with E-state index in [1.54, 1.807) is 6.07 Å². The standard InChI is InChI=1S/C8H3BrClNO2/c9-6-2-1-5(3-7(6)10)8(13)11-4-12/h1-3H. The lowest BCUT2D eigenvalue weighted by atomic mass is 10.2. The third kappa shape index (κ3) is 2.49. The third-order valence-electron chi connectivity index (χ3n) is 1.31. The van der Waals surface area contributed by atoms with Crippen LogP contribution in [0.15, 0.2) is 27.7 Å². The van der Waals surface area contributed by atoms with Crippen molar-refractivity contribution in [3.8, 4) is 0 Å². The predicted octanol–water partition coefficient (Wildman–Crippen LogP) is 2.58. The van der Waals surface area contributed by atoms with Crippen LogP contribution in [0.3, 0.4) is 0 Å². The van der Waals surface area contributed by atoms with Crippen LogP contribution in [0, 0.1) is 0 Å². The predicted molar refractivity (Wildman–Crippen MR) is 51.6 cm³/mol. The molecule has 1 rings (SSSR count). The molecule has 1 aromatic carbocycles. The van der Waals surface area contributed by atoms with Gasteiger partial charge in [0.05, 0.1) is 5.02 Å². The van der Waals surface area contributed by atoms with Gasteiger partial charge >= 0.3 is 0 Å². The SMILES string of the molecule is O=C=NC(=O)c1ccc(Br)c(Cl)c1. The van der Waals surface area contributed by atoms with Crippen molar-refractivity contribution >= 4 is 39.5 Å². The van der Waals surface area contributed by atoms with Crippen molar-refractivity contribution < 1.29 is 9.59 Å². The second-order valence-electron chi connectivity index (χ2n) is 2.14. The highest BCUT2D eigenvalue weighted by Crippen LogP contribution is 2.23. The summed E-state index contributed by atoms with van der Waals surface area (Å²) >= 11 is 8.89. The van der Waals surface area contributed by atoms with E-state index >= 15 is 0 Å². The number of amides is 1. The lowest BCUT2D eigenvalue weighted by molar-refractivity contribution is 0.100. The maximum absolute atomic E-state index is 11.0. The highest BCUT2D eigenvalue weighted by Gasteiger charge is 2.05. The molecule has 5 heteroatoms. The Hall–Kier alpha value is -0.960. The second-order valence-corrected chi connectivity index (χ2v) is 3.40. The Morgan fingerprint density at radius 2 is 2.23 bits per heavy atom. The summed E-state index contributed by atoms with van der Waals surface area (Å²) in [6.45, 7) is 0. The number of benzene rings is 1. The summed E-state index contributed by atoms with van der Waals surface area (Å²) in [5.41, 5.74) is 0.261. The van der Waals surface area contributed by atoms with Crippen molar-refractivity contribution in [2.75, 3.05) is 0 Å². The highest BCUT2D eigenvalue weighted by atomic mass is 79.9. The van der Waals surface area contributed by atoms with E-state index in [-0.39, 0.29) is 5.56 Å². The number of carbonyl (C=O) groups is 1. The van der Waals surface area contributed by atoms with E-state index in [2.05, 4.69) is 20.9 Å². The molecule has 0 saturated heterocycles. The maximum atomic E-state index is 11.0. The Balaban J connectivity index is 3.10. The van der Waals surface area contributed by atoms with Gasteiger partial charge in [-0.2, -0.15) is 0 Å². The van der Waals surface area contributed by atoms with Crippen molar-refractivity contribution in [1.82, 2.24) is 0 Å². The van der Waals surface area contributed by atoms with Crippen molar-refractivity contribution in [1.29, 1.82) is 0 Å². The number of carbonyl (C=O) groups excluding carboxylic acids is 2. The van der Waals surface area contributed by atoms with E-state index in [0.29, 0.717) is 9.50 Å². The Bertz CT molecular complexity index is 399. The first-order valence-electron chi connectivity index (χ1n) is 3.22. The molecule has 0 bridgehead atoms. The molecule has 0 radical (unpaired) electrons. The van der Waals surface area contributed by atoms with Gasteiger partial charge in [-0.1, -0.05) is 11.6 Å². The van der Waals surface area contributed by atoms with E-state index < -0.39 is 5.91 Å². The van der Waals surface area contributed by atoms with Crippen LogP contribution in [-0.4, -0.2) is 12.0 Å². The molecule has 0 aliphatic rings. The molecule has 0 spiro atoms. The van der Waals surface area contributed by atoms with Gasteiger partial charge in [0.1, 0.15) is 0 Å². The smallest absolute Gasteiger partial charge is 0.266 e. The van der Waals surface area contributed by atoms with Crippen LogP contribution in [0.25, 0.3) is 0 Å². The van der Waals surface area contributed by atoms with E-state index in [9.17, 15) is 9.59 Å². The molecular formula is C8H3BrClNO2. The van der Waals surface area contributed by atoms with E-state index in [1.807, 2.05) is 0 Å². The Morgan fingerprint density at radius 1 is 1.54 bits per heavy atom. The molecule has 0 fully saturated rings. The van der Waals surface area contributed by atoms with Crippen molar-refractivity contribution in [3.05, 3.63) is 33.3 Å². The van der Waals surface area contributed by atoms with Gasteiger partial charge in [0, 0.05) is 10.0 Å². The minimum atomic E-state index is -0.649. The maximum Gasteiger partial charge on any atom is 0.287 e. The van der Waals surface area contributed by atoms with Crippen LogP contribution >= 0.6 is 27.5 Å². The summed E-state index contributed by atoms with van der Waals surface area (Å²) in [5.74, 6) is -0.649. The Labute approximate surface area is 87.6 Å². The van der Waals surface area contributed by atoms with Gasteiger partial charge in [-0.15, -0.1) is 4.99 Å². The van der Waals surface area contributed by atoms with Crippen molar-refractivity contribution in [2.45, 2.75) is 0 Å². The van der Waals surface area contributed by atoms with Crippen LogP contribution in [0.5, 0.6) is 0 Å². The van der Waals surface area contributed by atoms with Crippen LogP contribution in [-0.2, 0) is 4.79 Å². The van der Waals surface area contributed by atoms with Gasteiger partial charge in [0.2, 0.25) is 6.08 Å². The molecule has 0 unspecified atom stereocenters. The molecule has 0 N–H and O–H groups in total. The molecule has 13 heavy (non-hydrogen) atoms. The van der Waals surface area contributed by atoms with Crippen LogP contribution in [0.1, 0.15) is 10.4 Å². The molecule has 0 aliphatic heterocycles. The van der Waals surface area contributed by atoms with Crippen molar-refractivity contribution in [3.63, 3.8) is 0 Å². The summed E-state index contributed by atoms with van der Waals surface area (Å²) in [5, 5.41) is 0.395. The largest absolute Gasteiger partial charge is 0.287 e. The topological polar surface area (TPSA) is 46.5 Å². The zero-order valence-corrected chi connectivity index (χ0v) is 8.59. The number of nitrogens with zero attached hydrogens (tertiary/aromatic N) is 1. The molecule has 1 amide bonds. The van der Waals surface area contributed by atoms with Crippen LogP contribution in [0.2, 0.25) is 5.02 Å². The molecule has 1 aromatic rings. The molecular weight excluding hydrogens is 257 g/mol. The fourth-order valence-electron chi connectivity index (χ4n) is 0.735. The zero-order chi connectivity index (χ0) is 9.84. The monoisotopic (exact) mass is 259 g/mol. The molecule has 3 nitrogen and oxygen atoms in total. The number of hydrogen-bond acceptors (Lipinski definition) is 2. The molecule has 0 heterocycles. The van der Waals surface area contributed by atoms with Gasteiger partial charge in [-0.25, -0.2) is 4.79 Å². The highest BCUT2D eigenvalue weighted by molar-refractivity contribution is 9.10. The first-order valence-corrected chi connectivity index (χ1v) is 4.39. The van der Waals surface area contributed by atoms with E-state index in [4.69, 9.17) is 11.6 Å². The first-order chi connectivity index (χ1) is 6.15. The summed E-state index contributed by atoms with van der Waals surface area (Å²) < 4.78 is 0.681. The zero-order valence-electron chi connectivity index (χ0n) is 6.25. The lowest BCUT2D eigenvalue weighted by Crippen LogP contribution is -1.93. The quantitative estimate of drug-likeness (QED) is 0.575. The molecule has 0 atom stereocenters. The van der Waals surface area contributed by atoms with Crippen LogP contribution < -0.4 is 0 Å². The normalized spacial score (nSPS) is 9.08. The van der Waals surface area contributed by atoms with E-state index in [0.717, 1.165) is 0 Å². The number of hydrogen-bond donors (Lipinski definition) is 0. The Morgan fingerprint density at radius 3 is 2.77 bits per heavy atom. The molecule has 0 saturated carbocycles. The summed E-state index contributed by atoms with van der Waals surface area (Å²) in [4.78, 5) is 23.7. The minimum absolute atomic E-state index is 0.261. The molecule has 66 valence electrons. The van der Waals surface area contributed by atoms with Gasteiger partial charge in [0.15, 0.2) is 0 Å². The number of isocyanates is 1. The number of halogens is 2. The molecule has 0 aromatic heterocycles. The average Bonchev–Trinajstić information content (AvgIpc) is 2.10. The van der Waals surface area contributed by atoms with E-state index in [1.165, 1.54) is 18.2 Å². The fraction of sp³-hybridized carbons (Fsp3) is 0. The average molecular weight is 260 g/mol. The summed E-state index contributed by atoms with van der Waals surface area (Å²) in [7, 11) is 0.